The van der Waals surface area contributed by atoms with E-state index < -0.39 is 0 Å². The molecule has 6 atom stereocenters. The van der Waals surface area contributed by atoms with E-state index in [1.807, 2.05) is 0 Å². The lowest BCUT2D eigenvalue weighted by atomic mass is 9.51. The van der Waals surface area contributed by atoms with E-state index in [4.69, 9.17) is 0 Å². The summed E-state index contributed by atoms with van der Waals surface area (Å²) in [6, 6.07) is 0. The van der Waals surface area contributed by atoms with Gasteiger partial charge >= 0.3 is 0 Å². The summed E-state index contributed by atoms with van der Waals surface area (Å²) >= 11 is 0. The first-order valence-corrected chi connectivity index (χ1v) is 11.6. The third-order valence-corrected chi connectivity index (χ3v) is 9.21. The normalized spacial score (nSPS) is 42.6. The Bertz CT molecular complexity index is 841. The number of allylic oxidation sites excluding steroid dienone is 6. The van der Waals surface area contributed by atoms with Crippen molar-refractivity contribution in [2.75, 3.05) is 0 Å². The first kappa shape index (κ1) is 20.7. The van der Waals surface area contributed by atoms with E-state index >= 15 is 0 Å². The molecule has 0 spiro atoms. The maximum atomic E-state index is 13.4. The SMILES string of the molecule is C=C(C)[C@@H]1CCC[C@@H]2C(C)=C[C@H](C3=C(O)C4=CCC[C@H](C)[C@@]4(C)CC3=O)C[C@]21C. The predicted molar refractivity (Wildman–Crippen MR) is 119 cm³/mol. The van der Waals surface area contributed by atoms with Crippen molar-refractivity contribution in [2.24, 2.45) is 34.5 Å². The van der Waals surface area contributed by atoms with Gasteiger partial charge in [-0.25, -0.2) is 0 Å². The highest BCUT2D eigenvalue weighted by Gasteiger charge is 2.51. The Labute approximate surface area is 176 Å². The smallest absolute Gasteiger partial charge is 0.164 e. The van der Waals surface area contributed by atoms with E-state index in [-0.39, 0.29) is 22.5 Å². The quantitative estimate of drug-likeness (QED) is 0.507. The van der Waals surface area contributed by atoms with Crippen LogP contribution >= 0.6 is 0 Å². The zero-order valence-electron chi connectivity index (χ0n) is 19.0. The number of hydrogen-bond donors (Lipinski definition) is 1. The maximum absolute atomic E-state index is 13.4. The fourth-order valence-electron chi connectivity index (χ4n) is 7.44. The summed E-state index contributed by atoms with van der Waals surface area (Å²) in [6.07, 6.45) is 11.8. The summed E-state index contributed by atoms with van der Waals surface area (Å²) < 4.78 is 0. The van der Waals surface area contributed by atoms with Crippen LogP contribution in [0.3, 0.4) is 0 Å². The van der Waals surface area contributed by atoms with Crippen LogP contribution < -0.4 is 0 Å². The number of hydrogen-bond acceptors (Lipinski definition) is 2. The number of ketones is 1. The van der Waals surface area contributed by atoms with Crippen LogP contribution in [0.25, 0.3) is 0 Å². The molecule has 0 radical (unpaired) electrons. The van der Waals surface area contributed by atoms with Crippen LogP contribution in [0.2, 0.25) is 0 Å². The standard InChI is InChI=1S/C27H38O2/c1-16(2)20-10-8-11-21-17(3)13-19(14-27(20,21)6)24-23(28)15-26(5)18(4)9-7-12-22(26)25(24)29/h12-13,18-21,29H,1,7-11,14-15H2,2-6H3/t18-,19-,20-,21+,26+,27-/m0/s1. The van der Waals surface area contributed by atoms with Gasteiger partial charge in [0, 0.05) is 23.3 Å². The van der Waals surface area contributed by atoms with Crippen molar-refractivity contribution in [3.8, 4) is 0 Å². The van der Waals surface area contributed by atoms with Gasteiger partial charge in [-0.15, -0.1) is 0 Å². The molecule has 0 aromatic heterocycles. The lowest BCUT2D eigenvalue weighted by molar-refractivity contribution is -0.119. The second-order valence-electron chi connectivity index (χ2n) is 11.0. The molecule has 29 heavy (non-hydrogen) atoms. The molecule has 4 aliphatic carbocycles. The lowest BCUT2D eigenvalue weighted by Gasteiger charge is -2.53. The zero-order chi connectivity index (χ0) is 21.1. The zero-order valence-corrected chi connectivity index (χ0v) is 19.0. The Kier molecular flexibility index (Phi) is 4.99. The molecule has 158 valence electrons. The van der Waals surface area contributed by atoms with Gasteiger partial charge in [0.2, 0.25) is 0 Å². The molecule has 2 nitrogen and oxygen atoms in total. The minimum atomic E-state index is -0.214. The van der Waals surface area contributed by atoms with Crippen LogP contribution in [-0.2, 0) is 4.79 Å². The van der Waals surface area contributed by atoms with Gasteiger partial charge in [-0.05, 0) is 74.7 Å². The first-order chi connectivity index (χ1) is 13.6. The van der Waals surface area contributed by atoms with Crippen molar-refractivity contribution in [3.63, 3.8) is 0 Å². The van der Waals surface area contributed by atoms with Gasteiger partial charge in [0.15, 0.2) is 5.78 Å². The molecule has 0 aromatic rings. The number of fused-ring (bicyclic) bond motifs is 2. The Balaban J connectivity index is 1.79. The second-order valence-corrected chi connectivity index (χ2v) is 11.0. The van der Waals surface area contributed by atoms with Crippen molar-refractivity contribution in [3.05, 3.63) is 46.8 Å². The molecule has 4 aliphatic rings. The van der Waals surface area contributed by atoms with Gasteiger partial charge in [0.25, 0.3) is 0 Å². The van der Waals surface area contributed by atoms with E-state index in [0.29, 0.717) is 35.5 Å². The molecule has 1 fully saturated rings. The summed E-state index contributed by atoms with van der Waals surface area (Å²) in [5, 5.41) is 11.4. The molecule has 0 aromatic carbocycles. The molecule has 0 heterocycles. The number of aliphatic hydroxyl groups is 1. The van der Waals surface area contributed by atoms with Gasteiger partial charge in [0.1, 0.15) is 5.76 Å². The Morgan fingerprint density at radius 1 is 1.24 bits per heavy atom. The number of Topliss-reactive ketones (excluding diaryl/α,β-unsaturated/α-hetero) is 1. The van der Waals surface area contributed by atoms with Gasteiger partial charge in [-0.2, -0.15) is 0 Å². The van der Waals surface area contributed by atoms with Crippen LogP contribution in [0.4, 0.5) is 0 Å². The Morgan fingerprint density at radius 2 is 1.97 bits per heavy atom. The molecule has 0 aliphatic heterocycles. The van der Waals surface area contributed by atoms with Gasteiger partial charge in [-0.3, -0.25) is 4.79 Å². The van der Waals surface area contributed by atoms with Crippen LogP contribution in [0.5, 0.6) is 0 Å². The van der Waals surface area contributed by atoms with Crippen molar-refractivity contribution < 1.29 is 9.90 Å². The summed E-state index contributed by atoms with van der Waals surface area (Å²) in [6.45, 7) is 15.6. The highest BCUT2D eigenvalue weighted by molar-refractivity contribution is 5.99. The van der Waals surface area contributed by atoms with E-state index in [0.717, 1.165) is 24.8 Å². The first-order valence-electron chi connectivity index (χ1n) is 11.6. The van der Waals surface area contributed by atoms with Crippen LogP contribution in [0, 0.1) is 34.5 Å². The van der Waals surface area contributed by atoms with Crippen molar-refractivity contribution in [2.45, 2.75) is 79.6 Å². The Hall–Kier alpha value is -1.57. The molecule has 4 rings (SSSR count). The van der Waals surface area contributed by atoms with Crippen LogP contribution in [-0.4, -0.2) is 10.9 Å². The molecule has 0 bridgehead atoms. The summed E-state index contributed by atoms with van der Waals surface area (Å²) in [4.78, 5) is 13.4. The molecule has 0 unspecified atom stereocenters. The summed E-state index contributed by atoms with van der Waals surface area (Å²) in [5.74, 6) is 1.96. The van der Waals surface area contributed by atoms with E-state index in [9.17, 15) is 9.90 Å². The monoisotopic (exact) mass is 394 g/mol. The Morgan fingerprint density at radius 3 is 2.66 bits per heavy atom. The largest absolute Gasteiger partial charge is 0.507 e. The second kappa shape index (κ2) is 7.00. The molecule has 2 heteroatoms. The van der Waals surface area contributed by atoms with Gasteiger partial charge < -0.3 is 5.11 Å². The minimum absolute atomic E-state index is 0.0198. The van der Waals surface area contributed by atoms with Crippen molar-refractivity contribution in [1.82, 2.24) is 0 Å². The molecular weight excluding hydrogens is 356 g/mol. The number of aliphatic hydroxyl groups excluding tert-OH is 1. The number of carbonyl (C=O) groups excluding carboxylic acids is 1. The lowest BCUT2D eigenvalue weighted by Crippen LogP contribution is -2.45. The molecule has 1 saturated carbocycles. The third-order valence-electron chi connectivity index (χ3n) is 9.21. The van der Waals surface area contributed by atoms with E-state index in [1.54, 1.807) is 0 Å². The molecule has 1 N–H and O–H groups in total. The average molecular weight is 395 g/mol. The van der Waals surface area contributed by atoms with Gasteiger partial charge in [0.05, 0.1) is 0 Å². The molecule has 0 amide bonds. The van der Waals surface area contributed by atoms with Crippen molar-refractivity contribution in [1.29, 1.82) is 0 Å². The topological polar surface area (TPSA) is 37.3 Å². The van der Waals surface area contributed by atoms with E-state index in [1.165, 1.54) is 30.4 Å². The van der Waals surface area contributed by atoms with Crippen LogP contribution in [0.15, 0.2) is 46.8 Å². The number of carbonyl (C=O) groups is 1. The fraction of sp³-hybridized carbons (Fsp3) is 0.667. The van der Waals surface area contributed by atoms with Crippen LogP contribution in [0.1, 0.15) is 79.6 Å². The van der Waals surface area contributed by atoms with Crippen molar-refractivity contribution >= 4 is 5.78 Å². The third kappa shape index (κ3) is 3.01. The summed E-state index contributed by atoms with van der Waals surface area (Å²) in [5.41, 5.74) is 4.30. The highest BCUT2D eigenvalue weighted by atomic mass is 16.3. The summed E-state index contributed by atoms with van der Waals surface area (Å²) in [7, 11) is 0. The predicted octanol–water partition coefficient (Wildman–Crippen LogP) is 7.10. The highest BCUT2D eigenvalue weighted by Crippen LogP contribution is 2.59. The molecular formula is C27H38O2. The minimum Gasteiger partial charge on any atom is -0.507 e. The molecule has 0 saturated heterocycles. The maximum Gasteiger partial charge on any atom is 0.164 e. The van der Waals surface area contributed by atoms with Gasteiger partial charge in [-0.1, -0.05) is 57.1 Å². The number of rotatable bonds is 2. The van der Waals surface area contributed by atoms with E-state index in [2.05, 4.69) is 53.3 Å². The fourth-order valence-corrected chi connectivity index (χ4v) is 7.44. The average Bonchev–Trinajstić information content (AvgIpc) is 2.62.